The highest BCUT2D eigenvalue weighted by atomic mass is 19.3. The van der Waals surface area contributed by atoms with Crippen LogP contribution in [0, 0.1) is 23.5 Å². The highest BCUT2D eigenvalue weighted by Crippen LogP contribution is 2.35. The molecule has 0 radical (unpaired) electrons. The van der Waals surface area contributed by atoms with E-state index in [0.29, 0.717) is 37.3 Å². The van der Waals surface area contributed by atoms with Gasteiger partial charge in [-0.05, 0) is 81.2 Å². The minimum atomic E-state index is -3.10. The van der Waals surface area contributed by atoms with E-state index in [9.17, 15) is 27.2 Å². The van der Waals surface area contributed by atoms with Crippen LogP contribution in [0.5, 0.6) is 11.5 Å². The Labute approximate surface area is 300 Å². The van der Waals surface area contributed by atoms with E-state index in [2.05, 4.69) is 25.3 Å². The van der Waals surface area contributed by atoms with Crippen LogP contribution in [-0.4, -0.2) is 85.6 Å². The van der Waals surface area contributed by atoms with E-state index < -0.39 is 30.2 Å². The highest BCUT2D eigenvalue weighted by molar-refractivity contribution is 5.94. The van der Waals surface area contributed by atoms with Crippen molar-refractivity contribution in [3.8, 4) is 23.0 Å². The minimum Gasteiger partial charge on any atom is -0.490 e. The molecular formula is C37H46F4N6O5. The Bertz CT molecular complexity index is 1680. The lowest BCUT2D eigenvalue weighted by Crippen LogP contribution is -2.49. The maximum atomic E-state index is 14.8. The fraction of sp³-hybridized carbons (Fsp3) is 0.541. The van der Waals surface area contributed by atoms with Crippen LogP contribution in [0.3, 0.4) is 0 Å². The molecule has 0 bridgehead atoms. The van der Waals surface area contributed by atoms with Gasteiger partial charge in [0.1, 0.15) is 11.6 Å². The Balaban J connectivity index is 1.08. The Kier molecular flexibility index (Phi) is 12.7. The van der Waals surface area contributed by atoms with Crippen molar-refractivity contribution in [3.05, 3.63) is 65.1 Å². The second-order valence-corrected chi connectivity index (χ2v) is 13.8. The summed E-state index contributed by atoms with van der Waals surface area (Å²) < 4.78 is 71.3. The van der Waals surface area contributed by atoms with Gasteiger partial charge in [-0.2, -0.15) is 8.78 Å². The van der Waals surface area contributed by atoms with Gasteiger partial charge in [-0.1, -0.05) is 6.07 Å². The monoisotopic (exact) mass is 730 g/mol. The summed E-state index contributed by atoms with van der Waals surface area (Å²) >= 11 is 0. The minimum absolute atomic E-state index is 0.00278. The lowest BCUT2D eigenvalue weighted by atomic mass is 10.1. The van der Waals surface area contributed by atoms with Crippen molar-refractivity contribution >= 4 is 11.8 Å². The molecule has 1 aliphatic heterocycles. The molecule has 6 rings (SSSR count). The zero-order chi connectivity index (χ0) is 36.6. The molecule has 1 atom stereocenters. The number of alkyl halides is 2. The molecule has 2 aliphatic carbocycles. The van der Waals surface area contributed by atoms with Gasteiger partial charge in [-0.15, -0.1) is 0 Å². The SMILES string of the molecule is NCc1oc(-c2ccc(OC(F)F)c(OCCCCC(=O)N3CCN(CC4CC4)CC3)c2)nc1C(=O)NC(CNCC1CC1)c1ccc(F)cc1F. The van der Waals surface area contributed by atoms with Gasteiger partial charge in [0.25, 0.3) is 5.91 Å². The van der Waals surface area contributed by atoms with E-state index in [4.69, 9.17) is 14.9 Å². The van der Waals surface area contributed by atoms with Crippen LogP contribution in [0.4, 0.5) is 17.6 Å². The largest absolute Gasteiger partial charge is 0.490 e. The molecule has 1 unspecified atom stereocenters. The number of nitrogens with zero attached hydrogens (tertiary/aromatic N) is 3. The summed E-state index contributed by atoms with van der Waals surface area (Å²) in [5, 5.41) is 6.01. The van der Waals surface area contributed by atoms with Gasteiger partial charge in [0.05, 0.1) is 19.2 Å². The van der Waals surface area contributed by atoms with Crippen molar-refractivity contribution < 1.29 is 41.0 Å². The van der Waals surface area contributed by atoms with Gasteiger partial charge in [0.2, 0.25) is 11.8 Å². The third-order valence-corrected chi connectivity index (χ3v) is 9.61. The van der Waals surface area contributed by atoms with E-state index in [0.717, 1.165) is 63.6 Å². The van der Waals surface area contributed by atoms with Crippen molar-refractivity contribution in [1.29, 1.82) is 0 Å². The summed E-state index contributed by atoms with van der Waals surface area (Å²) in [6, 6.07) is 6.43. The van der Waals surface area contributed by atoms with E-state index in [1.54, 1.807) is 0 Å². The predicted octanol–water partition coefficient (Wildman–Crippen LogP) is 5.25. The number of unbranched alkanes of at least 4 members (excludes halogenated alkanes) is 1. The molecular weight excluding hydrogens is 684 g/mol. The third-order valence-electron chi connectivity index (χ3n) is 9.61. The number of amides is 2. The number of aromatic nitrogens is 1. The quantitative estimate of drug-likeness (QED) is 0.112. The summed E-state index contributed by atoms with van der Waals surface area (Å²) in [4.78, 5) is 35.0. The number of oxazole rings is 1. The van der Waals surface area contributed by atoms with Gasteiger partial charge in [-0.25, -0.2) is 13.8 Å². The Morgan fingerprint density at radius 2 is 1.75 bits per heavy atom. The van der Waals surface area contributed by atoms with E-state index >= 15 is 0 Å². The molecule has 1 saturated heterocycles. The second kappa shape index (κ2) is 17.5. The van der Waals surface area contributed by atoms with Crippen molar-refractivity contribution in [2.24, 2.45) is 17.6 Å². The van der Waals surface area contributed by atoms with Crippen LogP contribution in [0.25, 0.3) is 11.5 Å². The first-order chi connectivity index (χ1) is 25.2. The zero-order valence-corrected chi connectivity index (χ0v) is 29.1. The Morgan fingerprint density at radius 1 is 0.981 bits per heavy atom. The fourth-order valence-corrected chi connectivity index (χ4v) is 6.31. The molecule has 15 heteroatoms. The fourth-order valence-electron chi connectivity index (χ4n) is 6.31. The number of ether oxygens (including phenoxy) is 2. The highest BCUT2D eigenvalue weighted by Gasteiger charge is 2.29. The molecule has 3 fully saturated rings. The Morgan fingerprint density at radius 3 is 2.44 bits per heavy atom. The van der Waals surface area contributed by atoms with Crippen LogP contribution in [0.1, 0.15) is 72.8 Å². The molecule has 4 N–H and O–H groups in total. The molecule has 52 heavy (non-hydrogen) atoms. The molecule has 2 aromatic carbocycles. The van der Waals surface area contributed by atoms with Crippen LogP contribution >= 0.6 is 0 Å². The normalized spacial score (nSPS) is 17.0. The number of nitrogens with one attached hydrogen (secondary N) is 2. The topological polar surface area (TPSA) is 135 Å². The predicted molar refractivity (Wildman–Crippen MR) is 184 cm³/mol. The number of hydrogen-bond acceptors (Lipinski definition) is 9. The average Bonchev–Trinajstić information content (AvgIpc) is 4.07. The maximum absolute atomic E-state index is 14.8. The van der Waals surface area contributed by atoms with E-state index in [1.165, 1.54) is 37.1 Å². The van der Waals surface area contributed by atoms with Gasteiger partial charge < -0.3 is 35.2 Å². The lowest BCUT2D eigenvalue weighted by molar-refractivity contribution is -0.133. The first kappa shape index (κ1) is 37.5. The second-order valence-electron chi connectivity index (χ2n) is 13.8. The van der Waals surface area contributed by atoms with E-state index in [-0.39, 0.29) is 60.0 Å². The first-order valence-electron chi connectivity index (χ1n) is 18.0. The molecule has 3 aliphatic rings. The molecule has 1 aromatic heterocycles. The zero-order valence-electron chi connectivity index (χ0n) is 29.1. The van der Waals surface area contributed by atoms with Crippen LogP contribution in [0.2, 0.25) is 0 Å². The van der Waals surface area contributed by atoms with Crippen LogP contribution in [0.15, 0.2) is 40.8 Å². The van der Waals surface area contributed by atoms with Crippen LogP contribution < -0.4 is 25.8 Å². The number of nitrogens with two attached hydrogens (primary N) is 1. The standard InChI is InChI=1S/C37H46F4N6O5/c38-26-9-10-27(28(39)18-26)29(21-43-20-23-4-5-23)44-35(49)34-32(19-42)51-36(45-34)25-8-11-30(52-37(40)41)31(17-25)50-16-2-1-3-33(48)47-14-12-46(13-15-47)22-24-6-7-24/h8-11,17-18,23-24,29,37,43H,1-7,12-16,19-22,42H2,(H,44,49). The van der Waals surface area contributed by atoms with Crippen molar-refractivity contribution in [2.45, 2.75) is 64.1 Å². The average molecular weight is 731 g/mol. The number of carbonyl (C=O) groups excluding carboxylic acids is 2. The van der Waals surface area contributed by atoms with Gasteiger partial charge in [0.15, 0.2) is 23.0 Å². The van der Waals surface area contributed by atoms with Crippen molar-refractivity contribution in [1.82, 2.24) is 25.4 Å². The van der Waals surface area contributed by atoms with Crippen molar-refractivity contribution in [3.63, 3.8) is 0 Å². The van der Waals surface area contributed by atoms with Crippen LogP contribution in [-0.2, 0) is 11.3 Å². The summed E-state index contributed by atoms with van der Waals surface area (Å²) in [5.74, 6) is -0.981. The summed E-state index contributed by atoms with van der Waals surface area (Å²) in [6.07, 6.45) is 6.22. The molecule has 0 spiro atoms. The molecule has 282 valence electrons. The van der Waals surface area contributed by atoms with Gasteiger partial charge >= 0.3 is 6.61 Å². The van der Waals surface area contributed by atoms with Crippen molar-refractivity contribution in [2.75, 3.05) is 52.4 Å². The van der Waals surface area contributed by atoms with Gasteiger partial charge in [0, 0.05) is 62.9 Å². The summed E-state index contributed by atoms with van der Waals surface area (Å²) in [5.41, 5.74) is 6.15. The number of halogens is 4. The first-order valence-corrected chi connectivity index (χ1v) is 18.0. The molecule has 3 aromatic rings. The number of rotatable bonds is 19. The molecule has 2 amide bonds. The third kappa shape index (κ3) is 10.4. The van der Waals surface area contributed by atoms with E-state index in [1.807, 2.05) is 4.90 Å². The maximum Gasteiger partial charge on any atom is 0.387 e. The lowest BCUT2D eigenvalue weighted by Gasteiger charge is -2.34. The molecule has 2 saturated carbocycles. The number of benzene rings is 2. The summed E-state index contributed by atoms with van der Waals surface area (Å²) in [7, 11) is 0. The molecule has 2 heterocycles. The number of piperazine rings is 1. The van der Waals surface area contributed by atoms with Gasteiger partial charge in [-0.3, -0.25) is 14.5 Å². The smallest absolute Gasteiger partial charge is 0.387 e. The Hall–Kier alpha value is -4.21. The number of carbonyl (C=O) groups is 2. The molecule has 11 nitrogen and oxygen atoms in total. The summed E-state index contributed by atoms with van der Waals surface area (Å²) in [6.45, 7) is 2.08. The number of hydrogen-bond donors (Lipinski definition) is 3.